The summed E-state index contributed by atoms with van der Waals surface area (Å²) in [5.41, 5.74) is 1.38. The van der Waals surface area contributed by atoms with Crippen molar-refractivity contribution >= 4 is 5.97 Å². The predicted octanol–water partition coefficient (Wildman–Crippen LogP) is 8.03. The first-order chi connectivity index (χ1) is 17.5. The molecule has 0 N–H and O–H groups in total. The van der Waals surface area contributed by atoms with Crippen LogP contribution in [0.1, 0.15) is 105 Å². The summed E-state index contributed by atoms with van der Waals surface area (Å²) in [5, 5.41) is 0. The molecule has 0 radical (unpaired) electrons. The second-order valence-electron chi connectivity index (χ2n) is 11.2. The van der Waals surface area contributed by atoms with Gasteiger partial charge in [0.15, 0.2) is 0 Å². The van der Waals surface area contributed by atoms with E-state index in [4.69, 9.17) is 14.2 Å². The van der Waals surface area contributed by atoms with Crippen molar-refractivity contribution in [3.8, 4) is 0 Å². The predicted molar refractivity (Wildman–Crippen MR) is 148 cm³/mol. The quantitative estimate of drug-likeness (QED) is 0.161. The Morgan fingerprint density at radius 2 is 1.67 bits per heavy atom. The van der Waals surface area contributed by atoms with Gasteiger partial charge in [0.25, 0.3) is 0 Å². The Bertz CT molecular complexity index is 779. The van der Waals surface area contributed by atoms with Crippen LogP contribution >= 0.6 is 0 Å². The van der Waals surface area contributed by atoms with Crippen LogP contribution in [0, 0.1) is 11.8 Å². The number of cyclic esters (lactones) is 1. The molecule has 4 bridgehead atoms. The van der Waals surface area contributed by atoms with E-state index in [0.29, 0.717) is 18.4 Å². The van der Waals surface area contributed by atoms with Gasteiger partial charge in [-0.15, -0.1) is 0 Å². The Kier molecular flexibility index (Phi) is 12.5. The van der Waals surface area contributed by atoms with E-state index in [1.54, 1.807) is 0 Å². The molecule has 0 saturated carbocycles. The first-order valence-corrected chi connectivity index (χ1v) is 14.6. The molecule has 0 aliphatic carbocycles. The zero-order chi connectivity index (χ0) is 25.8. The zero-order valence-corrected chi connectivity index (χ0v) is 23.2. The lowest BCUT2D eigenvalue weighted by atomic mass is 9.90. The first-order valence-electron chi connectivity index (χ1n) is 14.6. The van der Waals surface area contributed by atoms with Crippen molar-refractivity contribution in [3.05, 3.63) is 48.1 Å². The van der Waals surface area contributed by atoms with E-state index in [2.05, 4.69) is 58.1 Å². The normalized spacial score (nSPS) is 36.8. The Balaban J connectivity index is 1.74. The molecule has 4 heteroatoms. The van der Waals surface area contributed by atoms with Gasteiger partial charge in [0.2, 0.25) is 0 Å². The minimum atomic E-state index is -0.287. The minimum Gasteiger partial charge on any atom is -0.457 e. The molecule has 202 valence electrons. The molecule has 3 aliphatic rings. The molecule has 2 saturated heterocycles. The van der Waals surface area contributed by atoms with E-state index in [1.165, 1.54) is 31.3 Å². The van der Waals surface area contributed by atoms with Crippen molar-refractivity contribution in [1.29, 1.82) is 0 Å². The number of carbonyl (C=O) groups is 1. The average Bonchev–Trinajstić information content (AvgIpc) is 2.85. The van der Waals surface area contributed by atoms with Gasteiger partial charge in [0.1, 0.15) is 6.10 Å². The lowest BCUT2D eigenvalue weighted by Gasteiger charge is -2.37. The van der Waals surface area contributed by atoms with Gasteiger partial charge in [-0.2, -0.15) is 0 Å². The molecule has 3 aliphatic heterocycles. The second-order valence-corrected chi connectivity index (χ2v) is 11.2. The van der Waals surface area contributed by atoms with E-state index in [1.807, 2.05) is 12.2 Å². The van der Waals surface area contributed by atoms with Gasteiger partial charge in [0, 0.05) is 12.3 Å². The van der Waals surface area contributed by atoms with Gasteiger partial charge in [-0.05, 0) is 70.3 Å². The maximum atomic E-state index is 13.0. The Morgan fingerprint density at radius 1 is 0.917 bits per heavy atom. The molecule has 3 rings (SSSR count). The Morgan fingerprint density at radius 3 is 2.44 bits per heavy atom. The third-order valence-corrected chi connectivity index (χ3v) is 7.82. The van der Waals surface area contributed by atoms with Crippen LogP contribution in [0.2, 0.25) is 0 Å². The van der Waals surface area contributed by atoms with Crippen molar-refractivity contribution in [2.45, 2.75) is 135 Å². The lowest BCUT2D eigenvalue weighted by molar-refractivity contribution is -0.154. The van der Waals surface area contributed by atoms with Crippen molar-refractivity contribution in [3.63, 3.8) is 0 Å². The standard InChI is InChI=1S/C32H50O4/c1-5-7-8-9-10-11-12-16-31-25(4)18-17-24(3)19-27-14-13-15-28(34-27)22-29-20-26(6-2)21-30(35-29)23-32(33)36-31/h6,10-12,16-18,24-25,27-31H,5,7-9,13-15,19-23H2,1-4H3/b11-10-,16-12+,18-17+,26-6-/t24-,25-,27+,28?,29+,30?,31?/m0/s1. The topological polar surface area (TPSA) is 44.8 Å². The number of ether oxygens (including phenoxy) is 3. The molecule has 0 aromatic carbocycles. The molecule has 0 amide bonds. The molecule has 4 nitrogen and oxygen atoms in total. The number of allylic oxidation sites excluding steroid dienone is 5. The van der Waals surface area contributed by atoms with Gasteiger partial charge in [-0.3, -0.25) is 4.79 Å². The summed E-state index contributed by atoms with van der Waals surface area (Å²) in [5.74, 6) is 0.347. The van der Waals surface area contributed by atoms with Crippen LogP contribution in [-0.2, 0) is 19.0 Å². The molecular weight excluding hydrogens is 448 g/mol. The van der Waals surface area contributed by atoms with E-state index in [0.717, 1.165) is 44.9 Å². The molecule has 3 unspecified atom stereocenters. The van der Waals surface area contributed by atoms with E-state index >= 15 is 0 Å². The highest BCUT2D eigenvalue weighted by Crippen LogP contribution is 2.33. The molecule has 0 aromatic heterocycles. The molecule has 0 spiro atoms. The molecule has 36 heavy (non-hydrogen) atoms. The van der Waals surface area contributed by atoms with Crippen LogP contribution in [0.15, 0.2) is 48.1 Å². The molecule has 3 heterocycles. The molecular formula is C32H50O4. The van der Waals surface area contributed by atoms with Crippen molar-refractivity contribution in [1.82, 2.24) is 0 Å². The van der Waals surface area contributed by atoms with Gasteiger partial charge in [-0.1, -0.05) is 75.6 Å². The van der Waals surface area contributed by atoms with E-state index in [9.17, 15) is 4.79 Å². The summed E-state index contributed by atoms with van der Waals surface area (Å²) in [7, 11) is 0. The molecule has 7 atom stereocenters. The third kappa shape index (κ3) is 10.0. The van der Waals surface area contributed by atoms with Crippen LogP contribution in [0.4, 0.5) is 0 Å². The highest BCUT2D eigenvalue weighted by atomic mass is 16.5. The molecule has 2 fully saturated rings. The minimum absolute atomic E-state index is 0.0974. The summed E-state index contributed by atoms with van der Waals surface area (Å²) in [6.45, 7) is 8.72. The largest absolute Gasteiger partial charge is 0.457 e. The number of unbranched alkanes of at least 4 members (excludes halogenated alkanes) is 3. The second kappa shape index (κ2) is 15.6. The average molecular weight is 499 g/mol. The van der Waals surface area contributed by atoms with Gasteiger partial charge < -0.3 is 14.2 Å². The third-order valence-electron chi connectivity index (χ3n) is 7.82. The van der Waals surface area contributed by atoms with E-state index < -0.39 is 0 Å². The summed E-state index contributed by atoms with van der Waals surface area (Å²) in [4.78, 5) is 13.0. The van der Waals surface area contributed by atoms with Crippen LogP contribution in [0.3, 0.4) is 0 Å². The fraction of sp³-hybridized carbons (Fsp3) is 0.719. The van der Waals surface area contributed by atoms with Crippen molar-refractivity contribution < 1.29 is 19.0 Å². The zero-order valence-electron chi connectivity index (χ0n) is 23.2. The van der Waals surface area contributed by atoms with Crippen LogP contribution < -0.4 is 0 Å². The summed E-state index contributed by atoms with van der Waals surface area (Å²) in [6, 6.07) is 0. The van der Waals surface area contributed by atoms with E-state index in [-0.39, 0.29) is 36.3 Å². The maximum absolute atomic E-state index is 13.0. The highest BCUT2D eigenvalue weighted by Gasteiger charge is 2.32. The Hall–Kier alpha value is -1.65. The summed E-state index contributed by atoms with van der Waals surface area (Å²) in [6.07, 6.45) is 27.6. The van der Waals surface area contributed by atoms with Crippen LogP contribution in [0.25, 0.3) is 0 Å². The highest BCUT2D eigenvalue weighted by molar-refractivity contribution is 5.70. The number of fused-ring (bicyclic) bond motifs is 4. The number of hydrogen-bond acceptors (Lipinski definition) is 4. The number of hydrogen-bond donors (Lipinski definition) is 0. The van der Waals surface area contributed by atoms with Crippen molar-refractivity contribution in [2.24, 2.45) is 11.8 Å². The van der Waals surface area contributed by atoms with Gasteiger partial charge in [0.05, 0.1) is 30.8 Å². The van der Waals surface area contributed by atoms with Gasteiger partial charge >= 0.3 is 5.97 Å². The fourth-order valence-electron chi connectivity index (χ4n) is 5.69. The fourth-order valence-corrected chi connectivity index (χ4v) is 5.69. The van der Waals surface area contributed by atoms with Crippen LogP contribution in [-0.4, -0.2) is 36.5 Å². The Labute approximate surface area is 220 Å². The summed E-state index contributed by atoms with van der Waals surface area (Å²) < 4.78 is 19.0. The summed E-state index contributed by atoms with van der Waals surface area (Å²) >= 11 is 0. The SMILES string of the molecule is C/C=C1\CC2CC(=O)OC(/C=C/C=C\CCCCC)[C@@H](C)/C=C/[C@H](C)C[C@H]3CCCC(C[C@@H](C1)O2)O3. The smallest absolute Gasteiger partial charge is 0.309 e. The maximum Gasteiger partial charge on any atom is 0.309 e. The monoisotopic (exact) mass is 498 g/mol. The first kappa shape index (κ1) is 28.9. The van der Waals surface area contributed by atoms with Crippen LogP contribution in [0.5, 0.6) is 0 Å². The van der Waals surface area contributed by atoms with Gasteiger partial charge in [-0.25, -0.2) is 0 Å². The van der Waals surface area contributed by atoms with Crippen molar-refractivity contribution in [2.75, 3.05) is 0 Å². The number of esters is 1. The molecule has 0 aromatic rings. The number of carbonyl (C=O) groups excluding carboxylic acids is 1. The number of rotatable bonds is 6. The lowest BCUT2D eigenvalue weighted by Crippen LogP contribution is -2.37.